The number of halogens is 2. The van der Waals surface area contributed by atoms with Crippen molar-refractivity contribution in [3.8, 4) is 34.5 Å². The minimum absolute atomic E-state index is 0.0456. The van der Waals surface area contributed by atoms with Gasteiger partial charge in [0.15, 0.2) is 5.13 Å². The standard InChI is InChI=1S/C27H20Cl2N6OS2/c1-2-15-3-5-16(6-4-15)24-19(12-30)25(32)35-26(20(24)13-31)37-10-9-23(36)34-27-33-22(14-38-27)18-8-7-17(28)11-21(18)29/h3-8,11,14H,2,9-10H2,1H3,(H2,32,35)(H,33,34,36). The number of carbonyl (C=O) groups excluding carboxylic acids is 1. The number of amides is 1. The highest BCUT2D eigenvalue weighted by Crippen LogP contribution is 2.36. The van der Waals surface area contributed by atoms with Gasteiger partial charge in [-0.05, 0) is 35.7 Å². The van der Waals surface area contributed by atoms with Crippen molar-refractivity contribution in [3.05, 3.63) is 74.6 Å². The lowest BCUT2D eigenvalue weighted by atomic mass is 9.96. The van der Waals surface area contributed by atoms with Crippen LogP contribution in [0.2, 0.25) is 10.0 Å². The second kappa shape index (κ2) is 12.3. The summed E-state index contributed by atoms with van der Waals surface area (Å²) in [5, 5.41) is 26.1. The molecule has 4 aromatic rings. The third kappa shape index (κ3) is 6.09. The van der Waals surface area contributed by atoms with Gasteiger partial charge in [-0.2, -0.15) is 10.5 Å². The van der Waals surface area contributed by atoms with E-state index >= 15 is 0 Å². The zero-order chi connectivity index (χ0) is 27.2. The summed E-state index contributed by atoms with van der Waals surface area (Å²) in [6.07, 6.45) is 1.02. The number of nitrogen functional groups attached to an aromatic ring is 1. The van der Waals surface area contributed by atoms with E-state index in [2.05, 4.69) is 34.3 Å². The molecule has 4 rings (SSSR count). The Morgan fingerprint density at radius 2 is 1.84 bits per heavy atom. The van der Waals surface area contributed by atoms with E-state index in [4.69, 9.17) is 28.9 Å². The highest BCUT2D eigenvalue weighted by Gasteiger charge is 2.21. The number of anilines is 2. The summed E-state index contributed by atoms with van der Waals surface area (Å²) < 4.78 is 0. The number of thiazole rings is 1. The molecule has 0 aliphatic carbocycles. The SMILES string of the molecule is CCc1ccc(-c2c(C#N)c(N)nc(SCCC(=O)Nc3nc(-c4ccc(Cl)cc4Cl)cs3)c2C#N)cc1. The number of rotatable bonds is 8. The quantitative estimate of drug-likeness (QED) is 0.212. The molecule has 11 heteroatoms. The van der Waals surface area contributed by atoms with Gasteiger partial charge in [-0.1, -0.05) is 54.4 Å². The molecule has 1 amide bonds. The van der Waals surface area contributed by atoms with Crippen molar-refractivity contribution in [1.82, 2.24) is 9.97 Å². The molecule has 2 heterocycles. The fraction of sp³-hybridized carbons (Fsp3) is 0.148. The van der Waals surface area contributed by atoms with E-state index in [1.54, 1.807) is 23.6 Å². The molecule has 0 radical (unpaired) electrons. The average molecular weight is 580 g/mol. The Bertz CT molecular complexity index is 1590. The van der Waals surface area contributed by atoms with E-state index in [0.29, 0.717) is 42.8 Å². The predicted molar refractivity (Wildman–Crippen MR) is 154 cm³/mol. The summed E-state index contributed by atoms with van der Waals surface area (Å²) in [4.78, 5) is 21.3. The molecule has 0 unspecified atom stereocenters. The van der Waals surface area contributed by atoms with Gasteiger partial charge in [-0.25, -0.2) is 9.97 Å². The fourth-order valence-corrected chi connectivity index (χ4v) is 5.84. The molecule has 0 saturated carbocycles. The summed E-state index contributed by atoms with van der Waals surface area (Å²) in [7, 11) is 0. The third-order valence-electron chi connectivity index (χ3n) is 5.59. The second-order valence-corrected chi connectivity index (χ2v) is 10.8. The Balaban J connectivity index is 1.47. The molecule has 0 atom stereocenters. The fourth-order valence-electron chi connectivity index (χ4n) is 3.67. The molecule has 0 fully saturated rings. The molecule has 2 aromatic carbocycles. The van der Waals surface area contributed by atoms with Crippen molar-refractivity contribution in [3.63, 3.8) is 0 Å². The van der Waals surface area contributed by atoms with Gasteiger partial charge < -0.3 is 11.1 Å². The number of pyridine rings is 1. The normalized spacial score (nSPS) is 10.6. The van der Waals surface area contributed by atoms with Crippen LogP contribution >= 0.6 is 46.3 Å². The lowest BCUT2D eigenvalue weighted by Crippen LogP contribution is -2.12. The zero-order valence-electron chi connectivity index (χ0n) is 20.1. The monoisotopic (exact) mass is 578 g/mol. The Morgan fingerprint density at radius 3 is 2.50 bits per heavy atom. The largest absolute Gasteiger partial charge is 0.383 e. The first-order valence-corrected chi connectivity index (χ1v) is 14.0. The average Bonchev–Trinajstić information content (AvgIpc) is 3.36. The number of benzene rings is 2. The maximum atomic E-state index is 12.6. The van der Waals surface area contributed by atoms with Gasteiger partial charge in [-0.15, -0.1) is 23.1 Å². The van der Waals surface area contributed by atoms with Gasteiger partial charge >= 0.3 is 0 Å². The minimum atomic E-state index is -0.240. The van der Waals surface area contributed by atoms with Crippen LogP contribution < -0.4 is 11.1 Å². The van der Waals surface area contributed by atoms with E-state index in [9.17, 15) is 15.3 Å². The molecule has 3 N–H and O–H groups in total. The Hall–Kier alpha value is -3.60. The van der Waals surface area contributed by atoms with E-state index in [-0.39, 0.29) is 29.3 Å². The van der Waals surface area contributed by atoms with Crippen molar-refractivity contribution in [2.24, 2.45) is 0 Å². The van der Waals surface area contributed by atoms with Gasteiger partial charge in [0, 0.05) is 33.7 Å². The van der Waals surface area contributed by atoms with E-state index in [1.165, 1.54) is 23.1 Å². The Labute approximate surface area is 238 Å². The first-order chi connectivity index (χ1) is 18.3. The molecular weight excluding hydrogens is 559 g/mol. The topological polar surface area (TPSA) is 128 Å². The van der Waals surface area contributed by atoms with Gasteiger partial charge in [0.05, 0.1) is 16.3 Å². The van der Waals surface area contributed by atoms with E-state index in [0.717, 1.165) is 17.5 Å². The minimum Gasteiger partial charge on any atom is -0.383 e. The van der Waals surface area contributed by atoms with Crippen molar-refractivity contribution in [2.45, 2.75) is 24.8 Å². The van der Waals surface area contributed by atoms with Crippen LogP contribution in [0.3, 0.4) is 0 Å². The molecule has 7 nitrogen and oxygen atoms in total. The summed E-state index contributed by atoms with van der Waals surface area (Å²) in [6.45, 7) is 2.05. The maximum absolute atomic E-state index is 12.6. The Morgan fingerprint density at radius 1 is 1.11 bits per heavy atom. The molecule has 0 saturated heterocycles. The number of aryl methyl sites for hydroxylation is 1. The molecule has 0 aliphatic rings. The Kier molecular flexibility index (Phi) is 8.88. The van der Waals surface area contributed by atoms with Crippen molar-refractivity contribution >= 4 is 63.2 Å². The molecular formula is C27H20Cl2N6OS2. The number of carbonyl (C=O) groups is 1. The third-order valence-corrected chi connectivity index (χ3v) is 7.87. The molecule has 38 heavy (non-hydrogen) atoms. The number of nitriles is 2. The number of hydrogen-bond acceptors (Lipinski definition) is 8. The second-order valence-electron chi connectivity index (χ2n) is 8.01. The zero-order valence-corrected chi connectivity index (χ0v) is 23.2. The lowest BCUT2D eigenvalue weighted by Gasteiger charge is -2.13. The molecule has 190 valence electrons. The van der Waals surface area contributed by atoms with Crippen LogP contribution in [0.15, 0.2) is 52.9 Å². The number of hydrogen-bond donors (Lipinski definition) is 2. The van der Waals surface area contributed by atoms with Crippen molar-refractivity contribution in [2.75, 3.05) is 16.8 Å². The van der Waals surface area contributed by atoms with E-state index in [1.807, 2.05) is 24.3 Å². The number of thioether (sulfide) groups is 1. The molecule has 0 spiro atoms. The maximum Gasteiger partial charge on any atom is 0.226 e. The van der Waals surface area contributed by atoms with Crippen LogP contribution in [0.1, 0.15) is 30.0 Å². The van der Waals surface area contributed by atoms with Crippen LogP contribution in [0.25, 0.3) is 22.4 Å². The lowest BCUT2D eigenvalue weighted by molar-refractivity contribution is -0.115. The molecule has 0 aliphatic heterocycles. The van der Waals surface area contributed by atoms with Crippen molar-refractivity contribution in [1.29, 1.82) is 10.5 Å². The predicted octanol–water partition coefficient (Wildman–Crippen LogP) is 7.19. The van der Waals surface area contributed by atoms with Crippen LogP contribution in [0.4, 0.5) is 10.9 Å². The number of aromatic nitrogens is 2. The van der Waals surface area contributed by atoms with E-state index < -0.39 is 0 Å². The summed E-state index contributed by atoms with van der Waals surface area (Å²) in [6, 6.07) is 17.1. The van der Waals surface area contributed by atoms with Gasteiger partial charge in [0.1, 0.15) is 28.5 Å². The summed E-state index contributed by atoms with van der Waals surface area (Å²) in [5.41, 5.74) is 10.2. The van der Waals surface area contributed by atoms with Gasteiger partial charge in [0.2, 0.25) is 5.91 Å². The first kappa shape index (κ1) is 27.4. The highest BCUT2D eigenvalue weighted by molar-refractivity contribution is 7.99. The molecule has 0 bridgehead atoms. The van der Waals surface area contributed by atoms with Crippen molar-refractivity contribution < 1.29 is 4.79 Å². The van der Waals surface area contributed by atoms with Crippen LogP contribution in [-0.2, 0) is 11.2 Å². The van der Waals surface area contributed by atoms with Crippen LogP contribution in [0, 0.1) is 22.7 Å². The highest BCUT2D eigenvalue weighted by atomic mass is 35.5. The first-order valence-electron chi connectivity index (χ1n) is 11.4. The van der Waals surface area contributed by atoms with Crippen LogP contribution in [0.5, 0.6) is 0 Å². The smallest absolute Gasteiger partial charge is 0.226 e. The number of nitrogens with one attached hydrogen (secondary N) is 1. The molecule has 2 aromatic heterocycles. The number of nitrogens with two attached hydrogens (primary N) is 1. The number of nitrogens with zero attached hydrogens (tertiary/aromatic N) is 4. The van der Waals surface area contributed by atoms with Crippen LogP contribution in [-0.4, -0.2) is 21.6 Å². The van der Waals surface area contributed by atoms with Gasteiger partial charge in [-0.3, -0.25) is 4.79 Å². The van der Waals surface area contributed by atoms with Gasteiger partial charge in [0.25, 0.3) is 0 Å². The summed E-state index contributed by atoms with van der Waals surface area (Å²) in [5.74, 6) is 0.147. The summed E-state index contributed by atoms with van der Waals surface area (Å²) >= 11 is 14.7.